The van der Waals surface area contributed by atoms with Crippen LogP contribution in [0.4, 0.5) is 0 Å². The van der Waals surface area contributed by atoms with Crippen molar-refractivity contribution in [1.82, 2.24) is 4.90 Å². The minimum atomic E-state index is -0.840. The fourth-order valence-corrected chi connectivity index (χ4v) is 3.83. The number of carbonyl (C=O) groups is 1. The molecule has 0 aromatic rings. The van der Waals surface area contributed by atoms with E-state index in [2.05, 4.69) is 4.90 Å². The lowest BCUT2D eigenvalue weighted by molar-refractivity contribution is -0.161. The molecule has 3 aliphatic rings. The third-order valence-electron chi connectivity index (χ3n) is 4.87. The van der Waals surface area contributed by atoms with E-state index in [-0.39, 0.29) is 5.60 Å². The maximum absolute atomic E-state index is 11.1. The normalized spacial score (nSPS) is 35.6. The molecule has 0 aromatic heterocycles. The standard InChI is InChI=1S/C14H23NO4/c16-13(17)12-10-15(6-8-18-12)11-3-7-19-14(9-11)4-1-2-5-14/h11-12H,1-10H2,(H,16,17). The molecule has 5 heteroatoms. The van der Waals surface area contributed by atoms with E-state index in [0.29, 0.717) is 19.2 Å². The molecular weight excluding hydrogens is 246 g/mol. The van der Waals surface area contributed by atoms with E-state index in [4.69, 9.17) is 14.6 Å². The van der Waals surface area contributed by atoms with Gasteiger partial charge in [0.1, 0.15) is 0 Å². The summed E-state index contributed by atoms with van der Waals surface area (Å²) in [6, 6.07) is 0.470. The average molecular weight is 269 g/mol. The molecular formula is C14H23NO4. The minimum absolute atomic E-state index is 0.0972. The minimum Gasteiger partial charge on any atom is -0.479 e. The van der Waals surface area contributed by atoms with Gasteiger partial charge in [-0.1, -0.05) is 12.8 Å². The van der Waals surface area contributed by atoms with Crippen molar-refractivity contribution >= 4 is 5.97 Å². The number of hydrogen-bond donors (Lipinski definition) is 1. The second-order valence-corrected chi connectivity index (χ2v) is 6.08. The Hall–Kier alpha value is -0.650. The van der Waals surface area contributed by atoms with E-state index in [1.807, 2.05) is 0 Å². The predicted octanol–water partition coefficient (Wildman–Crippen LogP) is 1.26. The van der Waals surface area contributed by atoms with E-state index in [1.165, 1.54) is 25.7 Å². The SMILES string of the molecule is O=C(O)C1CN(C2CCOC3(CCCC3)C2)CCO1. The molecule has 0 aromatic carbocycles. The molecule has 1 saturated carbocycles. The Balaban J connectivity index is 1.63. The first-order chi connectivity index (χ1) is 9.19. The Kier molecular flexibility index (Phi) is 3.78. The maximum atomic E-state index is 11.1. The van der Waals surface area contributed by atoms with Gasteiger partial charge in [0.2, 0.25) is 0 Å². The quantitative estimate of drug-likeness (QED) is 0.818. The van der Waals surface area contributed by atoms with Gasteiger partial charge in [0.15, 0.2) is 6.10 Å². The van der Waals surface area contributed by atoms with Gasteiger partial charge in [-0.05, 0) is 25.7 Å². The summed E-state index contributed by atoms with van der Waals surface area (Å²) < 4.78 is 11.4. The van der Waals surface area contributed by atoms with Gasteiger partial charge in [0, 0.05) is 25.7 Å². The van der Waals surface area contributed by atoms with Crippen LogP contribution in [0.1, 0.15) is 38.5 Å². The third-order valence-corrected chi connectivity index (χ3v) is 4.87. The summed E-state index contributed by atoms with van der Waals surface area (Å²) in [4.78, 5) is 13.4. The molecule has 3 fully saturated rings. The van der Waals surface area contributed by atoms with E-state index in [9.17, 15) is 4.79 Å². The van der Waals surface area contributed by atoms with Crippen LogP contribution in [0.25, 0.3) is 0 Å². The molecule has 2 unspecified atom stereocenters. The second-order valence-electron chi connectivity index (χ2n) is 6.08. The maximum Gasteiger partial charge on any atom is 0.334 e. The van der Waals surface area contributed by atoms with E-state index in [0.717, 1.165) is 26.0 Å². The van der Waals surface area contributed by atoms with Crippen molar-refractivity contribution in [2.75, 3.05) is 26.3 Å². The molecule has 2 heterocycles. The summed E-state index contributed by atoms with van der Waals surface area (Å²) in [5.41, 5.74) is 0.0972. The van der Waals surface area contributed by atoms with Gasteiger partial charge in [-0.3, -0.25) is 4.90 Å². The summed E-state index contributed by atoms with van der Waals surface area (Å²) in [5, 5.41) is 9.08. The zero-order chi connectivity index (χ0) is 13.3. The Labute approximate surface area is 113 Å². The highest BCUT2D eigenvalue weighted by molar-refractivity contribution is 5.72. The number of nitrogens with zero attached hydrogens (tertiary/aromatic N) is 1. The first-order valence-corrected chi connectivity index (χ1v) is 7.41. The third kappa shape index (κ3) is 2.78. The van der Waals surface area contributed by atoms with Crippen LogP contribution >= 0.6 is 0 Å². The van der Waals surface area contributed by atoms with Crippen molar-refractivity contribution in [2.24, 2.45) is 0 Å². The number of hydrogen-bond acceptors (Lipinski definition) is 4. The Morgan fingerprint density at radius 1 is 1.26 bits per heavy atom. The van der Waals surface area contributed by atoms with Crippen LogP contribution < -0.4 is 0 Å². The average Bonchev–Trinajstić information content (AvgIpc) is 2.87. The Morgan fingerprint density at radius 3 is 2.79 bits per heavy atom. The molecule has 2 aliphatic heterocycles. The topological polar surface area (TPSA) is 59.0 Å². The molecule has 0 amide bonds. The first kappa shape index (κ1) is 13.3. The van der Waals surface area contributed by atoms with Gasteiger partial charge >= 0.3 is 5.97 Å². The van der Waals surface area contributed by atoms with Crippen LogP contribution in [-0.2, 0) is 14.3 Å². The molecule has 1 N–H and O–H groups in total. The number of ether oxygens (including phenoxy) is 2. The first-order valence-electron chi connectivity index (χ1n) is 7.41. The highest BCUT2D eigenvalue weighted by Gasteiger charge is 2.42. The van der Waals surface area contributed by atoms with Crippen LogP contribution in [0.15, 0.2) is 0 Å². The monoisotopic (exact) mass is 269 g/mol. The van der Waals surface area contributed by atoms with Gasteiger partial charge in [0.25, 0.3) is 0 Å². The lowest BCUT2D eigenvalue weighted by Crippen LogP contribution is -2.54. The van der Waals surface area contributed by atoms with Crippen molar-refractivity contribution in [3.05, 3.63) is 0 Å². The Morgan fingerprint density at radius 2 is 2.05 bits per heavy atom. The van der Waals surface area contributed by atoms with Crippen LogP contribution in [0, 0.1) is 0 Å². The van der Waals surface area contributed by atoms with E-state index < -0.39 is 12.1 Å². The lowest BCUT2D eigenvalue weighted by Gasteiger charge is -2.45. The van der Waals surface area contributed by atoms with Crippen LogP contribution in [0.5, 0.6) is 0 Å². The highest BCUT2D eigenvalue weighted by Crippen LogP contribution is 2.41. The summed E-state index contributed by atoms with van der Waals surface area (Å²) in [6.45, 7) is 2.72. The van der Waals surface area contributed by atoms with Crippen molar-refractivity contribution in [1.29, 1.82) is 0 Å². The van der Waals surface area contributed by atoms with Crippen LogP contribution in [0.2, 0.25) is 0 Å². The molecule has 19 heavy (non-hydrogen) atoms. The largest absolute Gasteiger partial charge is 0.479 e. The highest BCUT2D eigenvalue weighted by atomic mass is 16.5. The molecule has 1 spiro atoms. The number of carboxylic acid groups (broad SMARTS) is 1. The molecule has 1 aliphatic carbocycles. The zero-order valence-corrected chi connectivity index (χ0v) is 11.3. The Bertz CT molecular complexity index is 340. The van der Waals surface area contributed by atoms with Gasteiger partial charge < -0.3 is 14.6 Å². The van der Waals surface area contributed by atoms with Crippen molar-refractivity contribution in [3.8, 4) is 0 Å². The molecule has 0 bridgehead atoms. The van der Waals surface area contributed by atoms with Gasteiger partial charge in [-0.25, -0.2) is 4.79 Å². The number of carboxylic acids is 1. The van der Waals surface area contributed by atoms with Gasteiger partial charge in [-0.2, -0.15) is 0 Å². The van der Waals surface area contributed by atoms with Gasteiger partial charge in [-0.15, -0.1) is 0 Å². The van der Waals surface area contributed by atoms with Crippen molar-refractivity contribution in [2.45, 2.75) is 56.3 Å². The number of aliphatic carboxylic acids is 1. The molecule has 0 radical (unpaired) electrons. The molecule has 2 atom stereocenters. The molecule has 108 valence electrons. The molecule has 2 saturated heterocycles. The summed E-state index contributed by atoms with van der Waals surface area (Å²) in [5.74, 6) is -0.840. The van der Waals surface area contributed by atoms with Crippen molar-refractivity contribution in [3.63, 3.8) is 0 Å². The summed E-state index contributed by atoms with van der Waals surface area (Å²) in [6.07, 6.45) is 6.33. The van der Waals surface area contributed by atoms with E-state index in [1.54, 1.807) is 0 Å². The fraction of sp³-hybridized carbons (Fsp3) is 0.929. The zero-order valence-electron chi connectivity index (χ0n) is 11.3. The number of morpholine rings is 1. The van der Waals surface area contributed by atoms with Crippen LogP contribution in [0.3, 0.4) is 0 Å². The smallest absolute Gasteiger partial charge is 0.334 e. The van der Waals surface area contributed by atoms with Crippen LogP contribution in [-0.4, -0.2) is 60.0 Å². The summed E-state index contributed by atoms with van der Waals surface area (Å²) in [7, 11) is 0. The summed E-state index contributed by atoms with van der Waals surface area (Å²) >= 11 is 0. The van der Waals surface area contributed by atoms with E-state index >= 15 is 0 Å². The fourth-order valence-electron chi connectivity index (χ4n) is 3.83. The second kappa shape index (κ2) is 5.38. The number of rotatable bonds is 2. The lowest BCUT2D eigenvalue weighted by atomic mass is 9.88. The van der Waals surface area contributed by atoms with Crippen molar-refractivity contribution < 1.29 is 19.4 Å². The van der Waals surface area contributed by atoms with Gasteiger partial charge in [0.05, 0.1) is 12.2 Å². The molecule has 5 nitrogen and oxygen atoms in total. The molecule has 3 rings (SSSR count). The predicted molar refractivity (Wildman–Crippen MR) is 69.1 cm³/mol.